The van der Waals surface area contributed by atoms with Crippen molar-refractivity contribution in [2.45, 2.75) is 12.5 Å². The van der Waals surface area contributed by atoms with Gasteiger partial charge < -0.3 is 9.64 Å². The topological polar surface area (TPSA) is 29.5 Å². The van der Waals surface area contributed by atoms with E-state index in [0.717, 1.165) is 6.42 Å². The van der Waals surface area contributed by atoms with E-state index < -0.39 is 0 Å². The van der Waals surface area contributed by atoms with Crippen LogP contribution in [0.4, 0.5) is 0 Å². The van der Waals surface area contributed by atoms with Crippen LogP contribution >= 0.6 is 11.6 Å². The van der Waals surface area contributed by atoms with Gasteiger partial charge in [-0.1, -0.05) is 41.9 Å². The Bertz CT molecular complexity index is 627. The monoisotopic (exact) mass is 315 g/mol. The molecule has 1 aliphatic rings. The summed E-state index contributed by atoms with van der Waals surface area (Å²) in [7, 11) is 0. The summed E-state index contributed by atoms with van der Waals surface area (Å²) in [6.07, 6.45) is 0.873. The van der Waals surface area contributed by atoms with E-state index in [2.05, 4.69) is 12.1 Å². The molecule has 0 unspecified atom stereocenters. The molecule has 3 nitrogen and oxygen atoms in total. The van der Waals surface area contributed by atoms with E-state index in [1.165, 1.54) is 5.56 Å². The molecule has 2 aromatic carbocycles. The molecule has 0 saturated carbocycles. The molecule has 114 valence electrons. The summed E-state index contributed by atoms with van der Waals surface area (Å²) in [4.78, 5) is 14.4. The van der Waals surface area contributed by atoms with Gasteiger partial charge in [0.15, 0.2) is 0 Å². The van der Waals surface area contributed by atoms with Crippen LogP contribution in [0.15, 0.2) is 54.6 Å². The zero-order chi connectivity index (χ0) is 15.4. The highest BCUT2D eigenvalue weighted by Crippen LogP contribution is 2.16. The summed E-state index contributed by atoms with van der Waals surface area (Å²) in [5, 5.41) is 0.639. The minimum absolute atomic E-state index is 0.0398. The molecule has 0 bridgehead atoms. The first-order valence-electron chi connectivity index (χ1n) is 7.43. The normalized spacial score (nSPS) is 18.2. The van der Waals surface area contributed by atoms with Crippen LogP contribution in [-0.4, -0.2) is 36.6 Å². The first-order chi connectivity index (χ1) is 10.7. The fourth-order valence-electron chi connectivity index (χ4n) is 2.68. The highest BCUT2D eigenvalue weighted by atomic mass is 35.5. The Kier molecular flexibility index (Phi) is 4.76. The molecule has 1 saturated heterocycles. The summed E-state index contributed by atoms with van der Waals surface area (Å²) >= 11 is 5.87. The molecule has 0 N–H and O–H groups in total. The van der Waals surface area contributed by atoms with Crippen LogP contribution in [0.25, 0.3) is 0 Å². The van der Waals surface area contributed by atoms with E-state index in [1.807, 2.05) is 23.1 Å². The zero-order valence-corrected chi connectivity index (χ0v) is 13.0. The van der Waals surface area contributed by atoms with Crippen molar-refractivity contribution in [1.29, 1.82) is 0 Å². The molecule has 4 heteroatoms. The van der Waals surface area contributed by atoms with Gasteiger partial charge in [0, 0.05) is 30.1 Å². The number of nitrogens with zero attached hydrogens (tertiary/aromatic N) is 1. The summed E-state index contributed by atoms with van der Waals surface area (Å²) in [5.41, 5.74) is 1.90. The summed E-state index contributed by atoms with van der Waals surface area (Å²) in [6.45, 7) is 1.83. The largest absolute Gasteiger partial charge is 0.374 e. The predicted octanol–water partition coefficient (Wildman–Crippen LogP) is 3.42. The molecule has 2 aromatic rings. The van der Waals surface area contributed by atoms with Crippen LogP contribution in [0.3, 0.4) is 0 Å². The lowest BCUT2D eigenvalue weighted by Gasteiger charge is -2.33. The lowest BCUT2D eigenvalue weighted by Crippen LogP contribution is -2.46. The standard InChI is InChI=1S/C18H18ClNO2/c19-16-8-6-15(7-9-16)18(21)20-10-11-22-17(13-20)12-14-4-2-1-3-5-14/h1-9,17H,10-13H2/t17-/m0/s1. The molecule has 1 atom stereocenters. The van der Waals surface area contributed by atoms with E-state index in [-0.39, 0.29) is 12.0 Å². The highest BCUT2D eigenvalue weighted by molar-refractivity contribution is 6.30. The summed E-state index contributed by atoms with van der Waals surface area (Å²) in [6, 6.07) is 17.3. The Hall–Kier alpha value is -1.84. The Morgan fingerprint density at radius 2 is 1.86 bits per heavy atom. The molecule has 0 radical (unpaired) electrons. The van der Waals surface area contributed by atoms with Crippen LogP contribution in [0.2, 0.25) is 5.02 Å². The quantitative estimate of drug-likeness (QED) is 0.868. The molecule has 1 aliphatic heterocycles. The van der Waals surface area contributed by atoms with E-state index in [0.29, 0.717) is 30.3 Å². The Morgan fingerprint density at radius 3 is 2.59 bits per heavy atom. The van der Waals surface area contributed by atoms with Gasteiger partial charge in [0.1, 0.15) is 0 Å². The summed E-state index contributed by atoms with van der Waals surface area (Å²) in [5.74, 6) is 0.0398. The Labute approximate surface area is 135 Å². The van der Waals surface area contributed by atoms with Crippen molar-refractivity contribution in [2.75, 3.05) is 19.7 Å². The second-order valence-electron chi connectivity index (χ2n) is 5.44. The second kappa shape index (κ2) is 6.95. The van der Waals surface area contributed by atoms with Gasteiger partial charge in [-0.25, -0.2) is 0 Å². The van der Waals surface area contributed by atoms with Crippen molar-refractivity contribution in [3.05, 3.63) is 70.7 Å². The Balaban J connectivity index is 1.65. The fraction of sp³-hybridized carbons (Fsp3) is 0.278. The van der Waals surface area contributed by atoms with Crippen molar-refractivity contribution in [3.8, 4) is 0 Å². The number of morpholine rings is 1. The van der Waals surface area contributed by atoms with Gasteiger partial charge in [-0.2, -0.15) is 0 Å². The average Bonchev–Trinajstić information content (AvgIpc) is 2.56. The van der Waals surface area contributed by atoms with Gasteiger partial charge in [0.25, 0.3) is 5.91 Å². The number of hydrogen-bond donors (Lipinski definition) is 0. The van der Waals surface area contributed by atoms with Gasteiger partial charge >= 0.3 is 0 Å². The van der Waals surface area contributed by atoms with Crippen LogP contribution in [0.5, 0.6) is 0 Å². The number of carbonyl (C=O) groups is 1. The van der Waals surface area contributed by atoms with Gasteiger partial charge in [-0.3, -0.25) is 4.79 Å². The van der Waals surface area contributed by atoms with Crippen molar-refractivity contribution >= 4 is 17.5 Å². The number of hydrogen-bond acceptors (Lipinski definition) is 2. The van der Waals surface area contributed by atoms with Crippen LogP contribution < -0.4 is 0 Å². The number of benzene rings is 2. The Morgan fingerprint density at radius 1 is 1.14 bits per heavy atom. The first-order valence-corrected chi connectivity index (χ1v) is 7.80. The van der Waals surface area contributed by atoms with Gasteiger partial charge in [-0.05, 0) is 29.8 Å². The minimum atomic E-state index is 0.0398. The van der Waals surface area contributed by atoms with E-state index in [1.54, 1.807) is 24.3 Å². The lowest BCUT2D eigenvalue weighted by molar-refractivity contribution is -0.0208. The van der Waals surface area contributed by atoms with Crippen molar-refractivity contribution in [2.24, 2.45) is 0 Å². The minimum Gasteiger partial charge on any atom is -0.374 e. The smallest absolute Gasteiger partial charge is 0.254 e. The third-order valence-electron chi connectivity index (χ3n) is 3.82. The van der Waals surface area contributed by atoms with Crippen LogP contribution in [0.1, 0.15) is 15.9 Å². The van der Waals surface area contributed by atoms with E-state index >= 15 is 0 Å². The second-order valence-corrected chi connectivity index (χ2v) is 5.88. The zero-order valence-electron chi connectivity index (χ0n) is 12.2. The molecule has 0 aliphatic carbocycles. The van der Waals surface area contributed by atoms with Gasteiger partial charge in [0.05, 0.1) is 12.7 Å². The predicted molar refractivity (Wildman–Crippen MR) is 87.2 cm³/mol. The first kappa shape index (κ1) is 15.1. The SMILES string of the molecule is O=C(c1ccc(Cl)cc1)N1CCO[C@@H](Cc2ccccc2)C1. The maximum absolute atomic E-state index is 12.5. The number of amides is 1. The van der Waals surface area contributed by atoms with Crippen molar-refractivity contribution in [3.63, 3.8) is 0 Å². The highest BCUT2D eigenvalue weighted by Gasteiger charge is 2.25. The van der Waals surface area contributed by atoms with Crippen LogP contribution in [-0.2, 0) is 11.2 Å². The molecular weight excluding hydrogens is 298 g/mol. The number of carbonyl (C=O) groups excluding carboxylic acids is 1. The maximum atomic E-state index is 12.5. The molecule has 3 rings (SSSR count). The molecule has 22 heavy (non-hydrogen) atoms. The third kappa shape index (κ3) is 3.67. The van der Waals surface area contributed by atoms with Gasteiger partial charge in [-0.15, -0.1) is 0 Å². The maximum Gasteiger partial charge on any atom is 0.254 e. The third-order valence-corrected chi connectivity index (χ3v) is 4.08. The molecular formula is C18H18ClNO2. The fourth-order valence-corrected chi connectivity index (χ4v) is 2.81. The average molecular weight is 316 g/mol. The van der Waals surface area contributed by atoms with Crippen LogP contribution in [0, 0.1) is 0 Å². The molecule has 0 spiro atoms. The van der Waals surface area contributed by atoms with Crippen molar-refractivity contribution < 1.29 is 9.53 Å². The number of rotatable bonds is 3. The molecule has 1 amide bonds. The van der Waals surface area contributed by atoms with Crippen molar-refractivity contribution in [1.82, 2.24) is 4.90 Å². The van der Waals surface area contributed by atoms with E-state index in [9.17, 15) is 4.79 Å². The molecule has 1 fully saturated rings. The lowest BCUT2D eigenvalue weighted by atomic mass is 10.1. The van der Waals surface area contributed by atoms with E-state index in [4.69, 9.17) is 16.3 Å². The molecule has 0 aromatic heterocycles. The van der Waals surface area contributed by atoms with Gasteiger partial charge in [0.2, 0.25) is 0 Å². The number of halogens is 1. The molecule has 1 heterocycles. The number of ether oxygens (including phenoxy) is 1. The summed E-state index contributed by atoms with van der Waals surface area (Å²) < 4.78 is 5.80.